The van der Waals surface area contributed by atoms with E-state index in [0.717, 1.165) is 0 Å². The summed E-state index contributed by atoms with van der Waals surface area (Å²) >= 11 is 0. The van der Waals surface area contributed by atoms with E-state index in [1.807, 2.05) is 0 Å². The van der Waals surface area contributed by atoms with Crippen LogP contribution in [-0.4, -0.2) is 132 Å². The topological polar surface area (TPSA) is 268 Å². The van der Waals surface area contributed by atoms with Crippen LogP contribution in [0.4, 0.5) is 0 Å². The molecule has 2 saturated heterocycles. The Morgan fingerprint density at radius 1 is 0.763 bits per heavy atom. The molecule has 0 radical (unpaired) electrons. The van der Waals surface area contributed by atoms with Crippen molar-refractivity contribution in [3.8, 4) is 0 Å². The van der Waals surface area contributed by atoms with Crippen molar-refractivity contribution in [2.45, 2.75) is 53.9 Å². The van der Waals surface area contributed by atoms with Crippen molar-refractivity contribution in [3.05, 3.63) is 38.0 Å². The van der Waals surface area contributed by atoms with Crippen LogP contribution in [0.2, 0.25) is 0 Å². The molecule has 1 unspecified atom stereocenters. The molecule has 17 nitrogen and oxygen atoms in total. The minimum absolute atomic E-state index is 0.382. The number of rotatable bonds is 11. The minimum atomic E-state index is -4.22. The highest BCUT2D eigenvalue weighted by Crippen LogP contribution is 2.51. The molecule has 9 atom stereocenters. The Balaban J connectivity index is 2.93. The fraction of sp³-hybridized carbons (Fsp3) is 0.571. The average molecular weight is 552 g/mol. The van der Waals surface area contributed by atoms with Crippen LogP contribution in [0.15, 0.2) is 38.0 Å². The van der Waals surface area contributed by atoms with Crippen molar-refractivity contribution in [2.75, 3.05) is 19.8 Å². The molecule has 2 aliphatic heterocycles. The van der Waals surface area contributed by atoms with E-state index in [9.17, 15) is 55.2 Å². The first-order chi connectivity index (χ1) is 17.7. The zero-order chi connectivity index (χ0) is 29.1. The predicted molar refractivity (Wildman–Crippen MR) is 114 cm³/mol. The monoisotopic (exact) mass is 552 g/mol. The summed E-state index contributed by atoms with van der Waals surface area (Å²) in [6.45, 7) is 5.45. The lowest BCUT2D eigenvalue weighted by molar-refractivity contribution is -0.586. The number of hydrogen-bond donors (Lipinski definition) is 8. The maximum Gasteiger partial charge on any atom is 0.409 e. The van der Waals surface area contributed by atoms with Gasteiger partial charge in [-0.25, -0.2) is 14.4 Å². The van der Waals surface area contributed by atoms with Crippen LogP contribution in [0.5, 0.6) is 0 Å². The summed E-state index contributed by atoms with van der Waals surface area (Å²) in [6, 6.07) is 0. The van der Waals surface area contributed by atoms with Crippen LogP contribution in [0.25, 0.3) is 0 Å². The van der Waals surface area contributed by atoms with Crippen LogP contribution in [0.1, 0.15) is 0 Å². The summed E-state index contributed by atoms with van der Waals surface area (Å²) in [5.74, 6) is -20.0. The van der Waals surface area contributed by atoms with E-state index in [-0.39, 0.29) is 0 Å². The summed E-state index contributed by atoms with van der Waals surface area (Å²) in [7, 11) is 0. The predicted octanol–water partition coefficient (Wildman–Crippen LogP) is -5.22. The molecule has 0 saturated carbocycles. The van der Waals surface area contributed by atoms with Gasteiger partial charge in [0.25, 0.3) is 0 Å². The molecule has 0 aliphatic carbocycles. The van der Waals surface area contributed by atoms with Gasteiger partial charge in [0.2, 0.25) is 5.79 Å². The lowest BCUT2D eigenvalue weighted by Crippen LogP contribution is -2.84. The zero-order valence-corrected chi connectivity index (χ0v) is 19.6. The highest BCUT2D eigenvalue weighted by atomic mass is 17.0. The summed E-state index contributed by atoms with van der Waals surface area (Å²) < 4.78 is 30.1. The smallest absolute Gasteiger partial charge is 0.409 e. The highest BCUT2D eigenvalue weighted by molar-refractivity contribution is 5.83. The molecule has 8 N–H and O–H groups in total. The van der Waals surface area contributed by atoms with E-state index in [0.29, 0.717) is 18.2 Å². The van der Waals surface area contributed by atoms with Crippen molar-refractivity contribution < 1.29 is 83.7 Å². The fourth-order valence-electron chi connectivity index (χ4n) is 3.66. The molecule has 2 heterocycles. The van der Waals surface area contributed by atoms with E-state index in [1.165, 1.54) is 0 Å². The second-order valence-electron chi connectivity index (χ2n) is 7.90. The fourth-order valence-corrected chi connectivity index (χ4v) is 3.66. The molecule has 0 aromatic carbocycles. The van der Waals surface area contributed by atoms with E-state index in [2.05, 4.69) is 24.5 Å². The SMILES string of the molecule is C=CC(=O)O[C@@]1(OC2(CO)O[C@H](CO)[C@@H](O)[C@@H]2O)O[C@H](CO)[C@@H](O)[C@@](O)(OC(=O)C=C)[C@]1(O)OC(=O)C=C. The lowest BCUT2D eigenvalue weighted by Gasteiger charge is -2.56. The van der Waals surface area contributed by atoms with Crippen molar-refractivity contribution in [1.82, 2.24) is 0 Å². The number of ether oxygens (including phenoxy) is 6. The third kappa shape index (κ3) is 4.97. The number of esters is 3. The van der Waals surface area contributed by atoms with E-state index in [1.54, 1.807) is 0 Å². The van der Waals surface area contributed by atoms with E-state index < -0.39 is 91.6 Å². The molecule has 2 fully saturated rings. The Morgan fingerprint density at radius 2 is 1.26 bits per heavy atom. The summed E-state index contributed by atoms with van der Waals surface area (Å²) in [5.41, 5.74) is 0. The van der Waals surface area contributed by atoms with Gasteiger partial charge >= 0.3 is 35.5 Å². The van der Waals surface area contributed by atoms with Crippen molar-refractivity contribution in [3.63, 3.8) is 0 Å². The van der Waals surface area contributed by atoms with Crippen molar-refractivity contribution in [2.24, 2.45) is 0 Å². The first kappa shape index (κ1) is 31.4. The molecule has 2 rings (SSSR count). The third-order valence-corrected chi connectivity index (χ3v) is 5.59. The molecular weight excluding hydrogens is 524 g/mol. The molecular formula is C21H28O17. The molecule has 17 heteroatoms. The van der Waals surface area contributed by atoms with E-state index >= 15 is 0 Å². The van der Waals surface area contributed by atoms with Crippen molar-refractivity contribution >= 4 is 17.9 Å². The number of aliphatic hydroxyl groups is 8. The molecule has 0 aromatic rings. The quantitative estimate of drug-likeness (QED) is 0.0515. The van der Waals surface area contributed by atoms with Gasteiger partial charge in [-0.1, -0.05) is 19.7 Å². The zero-order valence-electron chi connectivity index (χ0n) is 19.6. The summed E-state index contributed by atoms with van der Waals surface area (Å²) in [5, 5.41) is 83.7. The maximum absolute atomic E-state index is 12.4. The Labute approximate surface area is 213 Å². The van der Waals surface area contributed by atoms with Crippen LogP contribution < -0.4 is 0 Å². The standard InChI is InChI=1S/C21H28O17/c1-4-12(25)35-19(31)16(29)11(8-23)34-21(37-14(27)6-3,20(19,32)36-13(26)5-2)38-18(9-24)17(30)15(28)10(7-22)33-18/h4-6,10-11,15-17,22-24,28-32H,1-3,7-9H2/t10-,11-,15-,16-,17+,18?,19-,20+,21+/m1/s1. The molecule has 38 heavy (non-hydrogen) atoms. The molecule has 0 bridgehead atoms. The Kier molecular flexibility index (Phi) is 9.52. The number of carbonyl (C=O) groups is 3. The average Bonchev–Trinajstić information content (AvgIpc) is 3.14. The first-order valence-corrected chi connectivity index (χ1v) is 10.6. The lowest BCUT2D eigenvalue weighted by atomic mass is 9.89. The van der Waals surface area contributed by atoms with Crippen LogP contribution in [0.3, 0.4) is 0 Å². The van der Waals surface area contributed by atoms with Gasteiger partial charge in [0, 0.05) is 18.2 Å². The first-order valence-electron chi connectivity index (χ1n) is 10.6. The summed E-state index contributed by atoms with van der Waals surface area (Å²) in [6.07, 6.45) is -9.78. The number of carbonyl (C=O) groups excluding carboxylic acids is 3. The second-order valence-corrected chi connectivity index (χ2v) is 7.90. The van der Waals surface area contributed by atoms with Crippen LogP contribution >= 0.6 is 0 Å². The Bertz CT molecular complexity index is 954. The molecule has 2 aliphatic rings. The van der Waals surface area contributed by atoms with Crippen molar-refractivity contribution in [1.29, 1.82) is 0 Å². The maximum atomic E-state index is 12.4. The van der Waals surface area contributed by atoms with Gasteiger partial charge in [0.1, 0.15) is 31.0 Å². The normalized spacial score (nSPS) is 40.6. The van der Waals surface area contributed by atoms with Gasteiger partial charge in [-0.2, -0.15) is 0 Å². The Morgan fingerprint density at radius 3 is 1.71 bits per heavy atom. The molecule has 0 aromatic heterocycles. The largest absolute Gasteiger partial charge is 0.419 e. The van der Waals surface area contributed by atoms with Crippen LogP contribution in [0, 0.1) is 0 Å². The van der Waals surface area contributed by atoms with Gasteiger partial charge in [-0.3, -0.25) is 4.74 Å². The van der Waals surface area contributed by atoms with Gasteiger partial charge in [0.15, 0.2) is 6.10 Å². The van der Waals surface area contributed by atoms with Gasteiger partial charge in [-0.05, 0) is 0 Å². The van der Waals surface area contributed by atoms with Gasteiger partial charge in [-0.15, -0.1) is 0 Å². The Hall–Kier alpha value is -2.81. The highest BCUT2D eigenvalue weighted by Gasteiger charge is 2.83. The number of hydrogen-bond acceptors (Lipinski definition) is 17. The number of aliphatic hydroxyl groups excluding tert-OH is 6. The molecule has 0 amide bonds. The molecule has 214 valence electrons. The third-order valence-electron chi connectivity index (χ3n) is 5.59. The molecule has 0 spiro atoms. The van der Waals surface area contributed by atoms with Gasteiger partial charge < -0.3 is 64.5 Å². The van der Waals surface area contributed by atoms with E-state index in [4.69, 9.17) is 23.7 Å². The second kappa shape index (κ2) is 11.5. The minimum Gasteiger partial charge on any atom is -0.419 e. The van der Waals surface area contributed by atoms with Crippen LogP contribution in [-0.2, 0) is 42.8 Å². The summed E-state index contributed by atoms with van der Waals surface area (Å²) in [4.78, 5) is 36.7. The van der Waals surface area contributed by atoms with Gasteiger partial charge in [0.05, 0.1) is 13.2 Å².